The summed E-state index contributed by atoms with van der Waals surface area (Å²) in [5.41, 5.74) is 3.76. The van der Waals surface area contributed by atoms with Crippen LogP contribution in [0.1, 0.15) is 10.6 Å². The van der Waals surface area contributed by atoms with Crippen LogP contribution in [0.25, 0.3) is 22.2 Å². The van der Waals surface area contributed by atoms with Crippen LogP contribution in [0, 0.1) is 13.8 Å². The van der Waals surface area contributed by atoms with Gasteiger partial charge in [-0.3, -0.25) is 0 Å². The van der Waals surface area contributed by atoms with Crippen LogP contribution in [-0.4, -0.2) is 24.6 Å². The van der Waals surface area contributed by atoms with Gasteiger partial charge < -0.3 is 4.98 Å². The molecule has 1 aromatic carbocycles. The summed E-state index contributed by atoms with van der Waals surface area (Å²) >= 11 is 1.59. The average molecular weight is 306 g/mol. The smallest absolute Gasteiger partial charge is 0.177 e. The third-order valence-corrected chi connectivity index (χ3v) is 5.21. The van der Waals surface area contributed by atoms with Crippen molar-refractivity contribution in [1.82, 2.24) is 9.97 Å². The summed E-state index contributed by atoms with van der Waals surface area (Å²) < 4.78 is 23.6. The highest BCUT2D eigenvalue weighted by atomic mass is 32.2. The number of thiazole rings is 1. The standard InChI is InChI=1S/C14H14N2O2S2/c1-8-4-5-10-12(20(3,17)18)6-15-14(10)13(8)11-7-19-9(2)16-11/h4-7,15H,1-3H3. The lowest BCUT2D eigenvalue weighted by atomic mass is 10.0. The predicted octanol–water partition coefficient (Wildman–Crippen LogP) is 3.31. The Morgan fingerprint density at radius 3 is 2.60 bits per heavy atom. The summed E-state index contributed by atoms with van der Waals surface area (Å²) in [5.74, 6) is 0. The van der Waals surface area contributed by atoms with Gasteiger partial charge in [0.15, 0.2) is 9.84 Å². The molecule has 104 valence electrons. The fraction of sp³-hybridized carbons (Fsp3) is 0.214. The summed E-state index contributed by atoms with van der Waals surface area (Å²) in [6, 6.07) is 3.79. The SMILES string of the molecule is Cc1nc(-c2c(C)ccc3c(S(C)(=O)=O)c[nH]c23)cs1. The second kappa shape index (κ2) is 4.43. The van der Waals surface area contributed by atoms with E-state index < -0.39 is 9.84 Å². The van der Waals surface area contributed by atoms with E-state index in [9.17, 15) is 8.42 Å². The number of benzene rings is 1. The fourth-order valence-corrected chi connectivity index (χ4v) is 3.84. The van der Waals surface area contributed by atoms with Crippen molar-refractivity contribution in [2.75, 3.05) is 6.26 Å². The molecule has 0 saturated carbocycles. The molecule has 0 aliphatic rings. The van der Waals surface area contributed by atoms with Crippen LogP contribution in [-0.2, 0) is 9.84 Å². The molecule has 4 nitrogen and oxygen atoms in total. The number of rotatable bonds is 2. The van der Waals surface area contributed by atoms with Crippen molar-refractivity contribution < 1.29 is 8.42 Å². The van der Waals surface area contributed by atoms with Gasteiger partial charge in [-0.2, -0.15) is 0 Å². The Balaban J connectivity index is 2.38. The number of nitrogens with zero attached hydrogens (tertiary/aromatic N) is 1. The summed E-state index contributed by atoms with van der Waals surface area (Å²) in [6.07, 6.45) is 2.78. The van der Waals surface area contributed by atoms with Crippen molar-refractivity contribution in [3.05, 3.63) is 34.3 Å². The van der Waals surface area contributed by atoms with Crippen LogP contribution < -0.4 is 0 Å². The summed E-state index contributed by atoms with van der Waals surface area (Å²) in [4.78, 5) is 7.94. The minimum atomic E-state index is -3.24. The van der Waals surface area contributed by atoms with Crippen molar-refractivity contribution >= 4 is 32.1 Å². The van der Waals surface area contributed by atoms with Gasteiger partial charge in [0.2, 0.25) is 0 Å². The van der Waals surface area contributed by atoms with Gasteiger partial charge in [-0.15, -0.1) is 11.3 Å². The zero-order valence-electron chi connectivity index (χ0n) is 11.4. The molecule has 3 rings (SSSR count). The topological polar surface area (TPSA) is 62.8 Å². The zero-order chi connectivity index (χ0) is 14.5. The Morgan fingerprint density at radius 1 is 1.25 bits per heavy atom. The fourth-order valence-electron chi connectivity index (χ4n) is 2.39. The number of hydrogen-bond acceptors (Lipinski definition) is 4. The molecule has 2 heterocycles. The van der Waals surface area contributed by atoms with Gasteiger partial charge in [0.25, 0.3) is 0 Å². The van der Waals surface area contributed by atoms with E-state index >= 15 is 0 Å². The number of sulfone groups is 1. The number of aromatic amines is 1. The molecular weight excluding hydrogens is 292 g/mol. The molecule has 20 heavy (non-hydrogen) atoms. The number of aryl methyl sites for hydroxylation is 2. The molecule has 0 fully saturated rings. The van der Waals surface area contributed by atoms with Gasteiger partial charge >= 0.3 is 0 Å². The van der Waals surface area contributed by atoms with E-state index in [0.717, 1.165) is 32.7 Å². The Morgan fingerprint density at radius 2 is 2.00 bits per heavy atom. The first-order valence-corrected chi connectivity index (χ1v) is 8.88. The third-order valence-electron chi connectivity index (χ3n) is 3.30. The van der Waals surface area contributed by atoms with E-state index in [-0.39, 0.29) is 0 Å². The van der Waals surface area contributed by atoms with Crippen LogP contribution >= 0.6 is 11.3 Å². The molecule has 0 aliphatic carbocycles. The molecule has 2 aromatic heterocycles. The molecule has 0 aliphatic heterocycles. The van der Waals surface area contributed by atoms with Gasteiger partial charge in [0.05, 0.1) is 21.1 Å². The molecule has 3 aromatic rings. The molecule has 0 unspecified atom stereocenters. The summed E-state index contributed by atoms with van der Waals surface area (Å²) in [7, 11) is -3.24. The first-order valence-electron chi connectivity index (χ1n) is 6.11. The van der Waals surface area contributed by atoms with E-state index in [2.05, 4.69) is 9.97 Å². The lowest BCUT2D eigenvalue weighted by Crippen LogP contribution is -1.95. The second-order valence-corrected chi connectivity index (χ2v) is 7.90. The van der Waals surface area contributed by atoms with Crippen LogP contribution in [0.3, 0.4) is 0 Å². The Bertz CT molecular complexity index is 905. The predicted molar refractivity (Wildman–Crippen MR) is 82.0 cm³/mol. The van der Waals surface area contributed by atoms with E-state index in [4.69, 9.17) is 0 Å². The van der Waals surface area contributed by atoms with Crippen LogP contribution in [0.4, 0.5) is 0 Å². The summed E-state index contributed by atoms with van der Waals surface area (Å²) in [5, 5.41) is 3.71. The van der Waals surface area contributed by atoms with Gasteiger partial charge in [-0.1, -0.05) is 12.1 Å². The number of hydrogen-bond donors (Lipinski definition) is 1. The van der Waals surface area contributed by atoms with E-state index in [1.807, 2.05) is 31.4 Å². The van der Waals surface area contributed by atoms with Gasteiger partial charge in [0, 0.05) is 28.8 Å². The average Bonchev–Trinajstić information content (AvgIpc) is 2.94. The molecule has 0 atom stereocenters. The molecule has 1 N–H and O–H groups in total. The van der Waals surface area contributed by atoms with E-state index in [1.165, 1.54) is 6.26 Å². The Labute approximate surface area is 121 Å². The normalized spacial score (nSPS) is 12.2. The van der Waals surface area contributed by atoms with Crippen molar-refractivity contribution in [1.29, 1.82) is 0 Å². The van der Waals surface area contributed by atoms with Crippen molar-refractivity contribution in [3.8, 4) is 11.3 Å². The molecule has 0 radical (unpaired) electrons. The lowest BCUT2D eigenvalue weighted by Gasteiger charge is -2.05. The first kappa shape index (κ1) is 13.3. The maximum Gasteiger partial charge on any atom is 0.177 e. The van der Waals surface area contributed by atoms with Crippen molar-refractivity contribution in [2.24, 2.45) is 0 Å². The highest BCUT2D eigenvalue weighted by Crippen LogP contribution is 2.34. The van der Waals surface area contributed by atoms with E-state index in [1.54, 1.807) is 17.5 Å². The summed E-state index contributed by atoms with van der Waals surface area (Å²) in [6.45, 7) is 3.96. The van der Waals surface area contributed by atoms with Gasteiger partial charge in [0.1, 0.15) is 0 Å². The molecule has 6 heteroatoms. The maximum atomic E-state index is 11.8. The minimum absolute atomic E-state index is 0.334. The highest BCUT2D eigenvalue weighted by Gasteiger charge is 2.18. The zero-order valence-corrected chi connectivity index (χ0v) is 13.0. The van der Waals surface area contributed by atoms with Crippen LogP contribution in [0.15, 0.2) is 28.6 Å². The molecule has 0 amide bonds. The maximum absolute atomic E-state index is 11.8. The largest absolute Gasteiger partial charge is 0.359 e. The molecule has 0 spiro atoms. The van der Waals surface area contributed by atoms with Gasteiger partial charge in [-0.25, -0.2) is 13.4 Å². The first-order chi connectivity index (χ1) is 9.38. The number of nitrogens with one attached hydrogen (secondary N) is 1. The van der Waals surface area contributed by atoms with Crippen molar-refractivity contribution in [3.63, 3.8) is 0 Å². The number of fused-ring (bicyclic) bond motifs is 1. The Hall–Kier alpha value is -1.66. The molecule has 0 saturated heterocycles. The lowest BCUT2D eigenvalue weighted by molar-refractivity contribution is 0.602. The van der Waals surface area contributed by atoms with Crippen LogP contribution in [0.2, 0.25) is 0 Å². The highest BCUT2D eigenvalue weighted by molar-refractivity contribution is 7.91. The van der Waals surface area contributed by atoms with Crippen LogP contribution in [0.5, 0.6) is 0 Å². The number of aromatic nitrogens is 2. The number of H-pyrrole nitrogens is 1. The molecular formula is C14H14N2O2S2. The van der Waals surface area contributed by atoms with E-state index in [0.29, 0.717) is 4.90 Å². The quantitative estimate of drug-likeness (QED) is 0.790. The third kappa shape index (κ3) is 2.05. The van der Waals surface area contributed by atoms with Crippen molar-refractivity contribution in [2.45, 2.75) is 18.7 Å². The monoisotopic (exact) mass is 306 g/mol. The second-order valence-electron chi connectivity index (χ2n) is 4.86. The Kier molecular flexibility index (Phi) is 2.95. The minimum Gasteiger partial charge on any atom is -0.359 e. The molecule has 0 bridgehead atoms. The van der Waals surface area contributed by atoms with Gasteiger partial charge in [-0.05, 0) is 19.4 Å².